The van der Waals surface area contributed by atoms with E-state index < -0.39 is 0 Å². The average Bonchev–Trinajstić information content (AvgIpc) is 2.27. The van der Waals surface area contributed by atoms with Gasteiger partial charge in [0.15, 0.2) is 0 Å². The maximum absolute atomic E-state index is 5.34. The monoisotopic (exact) mass is 228 g/mol. The van der Waals surface area contributed by atoms with Crippen LogP contribution < -0.4 is 5.32 Å². The van der Waals surface area contributed by atoms with E-state index in [1.807, 2.05) is 14.2 Å². The number of piperidine rings is 1. The molecule has 1 aliphatic rings. The fourth-order valence-electron chi connectivity index (χ4n) is 2.67. The van der Waals surface area contributed by atoms with Crippen molar-refractivity contribution in [2.75, 3.05) is 40.4 Å². The van der Waals surface area contributed by atoms with Crippen molar-refractivity contribution in [3.63, 3.8) is 0 Å². The van der Waals surface area contributed by atoms with Gasteiger partial charge in [-0.15, -0.1) is 0 Å². The molecule has 0 aromatic rings. The summed E-state index contributed by atoms with van der Waals surface area (Å²) >= 11 is 0. The molecule has 0 amide bonds. The first-order chi connectivity index (χ1) is 7.69. The first-order valence-electron chi connectivity index (χ1n) is 6.56. The number of rotatable bonds is 6. The number of methoxy groups -OCH3 is 1. The van der Waals surface area contributed by atoms with Crippen LogP contribution in [0, 0.1) is 11.8 Å². The molecule has 0 aromatic carbocycles. The predicted octanol–water partition coefficient (Wildman–Crippen LogP) is 1.59. The van der Waals surface area contributed by atoms with Crippen LogP contribution in [0.3, 0.4) is 0 Å². The van der Waals surface area contributed by atoms with Crippen LogP contribution in [0.2, 0.25) is 0 Å². The van der Waals surface area contributed by atoms with E-state index in [2.05, 4.69) is 24.1 Å². The van der Waals surface area contributed by atoms with Crippen LogP contribution in [0.5, 0.6) is 0 Å². The maximum atomic E-state index is 5.34. The van der Waals surface area contributed by atoms with Crippen molar-refractivity contribution in [1.82, 2.24) is 10.2 Å². The minimum atomic E-state index is 0.598. The van der Waals surface area contributed by atoms with Gasteiger partial charge in [-0.05, 0) is 51.4 Å². The quantitative estimate of drug-likeness (QED) is 0.747. The molecule has 1 rings (SSSR count). The SMILES string of the molecule is CNCC1CCN(C(COC)C(C)C)CC1. The summed E-state index contributed by atoms with van der Waals surface area (Å²) in [6.07, 6.45) is 2.65. The highest BCUT2D eigenvalue weighted by atomic mass is 16.5. The second-order valence-corrected chi connectivity index (χ2v) is 5.30. The Morgan fingerprint density at radius 3 is 2.38 bits per heavy atom. The molecule has 1 unspecified atom stereocenters. The molecule has 3 heteroatoms. The summed E-state index contributed by atoms with van der Waals surface area (Å²) < 4.78 is 5.34. The van der Waals surface area contributed by atoms with E-state index >= 15 is 0 Å². The van der Waals surface area contributed by atoms with Gasteiger partial charge in [0.2, 0.25) is 0 Å². The topological polar surface area (TPSA) is 24.5 Å². The van der Waals surface area contributed by atoms with Crippen molar-refractivity contribution in [2.45, 2.75) is 32.7 Å². The van der Waals surface area contributed by atoms with Crippen LogP contribution in [-0.2, 0) is 4.74 Å². The molecule has 0 radical (unpaired) electrons. The lowest BCUT2D eigenvalue weighted by Gasteiger charge is -2.39. The second-order valence-electron chi connectivity index (χ2n) is 5.30. The highest BCUT2D eigenvalue weighted by molar-refractivity contribution is 4.80. The van der Waals surface area contributed by atoms with Gasteiger partial charge >= 0.3 is 0 Å². The number of nitrogens with one attached hydrogen (secondary N) is 1. The van der Waals surface area contributed by atoms with E-state index in [9.17, 15) is 0 Å². The van der Waals surface area contributed by atoms with Crippen LogP contribution in [0.15, 0.2) is 0 Å². The zero-order valence-corrected chi connectivity index (χ0v) is 11.3. The summed E-state index contributed by atoms with van der Waals surface area (Å²) in [4.78, 5) is 2.61. The fraction of sp³-hybridized carbons (Fsp3) is 1.00. The summed E-state index contributed by atoms with van der Waals surface area (Å²) in [5, 5.41) is 3.29. The first-order valence-corrected chi connectivity index (χ1v) is 6.56. The molecule has 0 bridgehead atoms. The number of nitrogens with zero attached hydrogens (tertiary/aromatic N) is 1. The largest absolute Gasteiger partial charge is 0.383 e. The van der Waals surface area contributed by atoms with E-state index in [1.165, 1.54) is 32.5 Å². The van der Waals surface area contributed by atoms with Gasteiger partial charge in [-0.1, -0.05) is 13.8 Å². The zero-order valence-electron chi connectivity index (χ0n) is 11.3. The number of likely N-dealkylation sites (tertiary alicyclic amines) is 1. The number of hydrogen-bond donors (Lipinski definition) is 1. The third-order valence-electron chi connectivity index (χ3n) is 3.72. The molecule has 1 aliphatic heterocycles. The standard InChI is InChI=1S/C13H28N2O/c1-11(2)13(10-16-4)15-7-5-12(6-8-15)9-14-3/h11-14H,5-10H2,1-4H3. The van der Waals surface area contributed by atoms with Gasteiger partial charge < -0.3 is 10.1 Å². The Bertz CT molecular complexity index is 177. The molecule has 16 heavy (non-hydrogen) atoms. The Morgan fingerprint density at radius 1 is 1.31 bits per heavy atom. The Kier molecular flexibility index (Phi) is 6.32. The van der Waals surface area contributed by atoms with Crippen LogP contribution in [0.4, 0.5) is 0 Å². The molecule has 1 N–H and O–H groups in total. The highest BCUT2D eigenvalue weighted by Crippen LogP contribution is 2.21. The highest BCUT2D eigenvalue weighted by Gasteiger charge is 2.26. The second kappa shape index (κ2) is 7.25. The molecule has 1 saturated heterocycles. The summed E-state index contributed by atoms with van der Waals surface area (Å²) in [6, 6.07) is 0.598. The van der Waals surface area contributed by atoms with Crippen molar-refractivity contribution in [3.05, 3.63) is 0 Å². The normalized spacial score (nSPS) is 21.6. The average molecular weight is 228 g/mol. The van der Waals surface area contributed by atoms with Gasteiger partial charge in [-0.2, -0.15) is 0 Å². The van der Waals surface area contributed by atoms with Gasteiger partial charge in [-0.3, -0.25) is 4.90 Å². The molecule has 1 heterocycles. The van der Waals surface area contributed by atoms with Crippen LogP contribution in [0.1, 0.15) is 26.7 Å². The Balaban J connectivity index is 2.38. The molecule has 0 aliphatic carbocycles. The molecule has 1 fully saturated rings. The lowest BCUT2D eigenvalue weighted by molar-refractivity contribution is 0.0419. The first kappa shape index (κ1) is 13.9. The molecule has 1 atom stereocenters. The summed E-state index contributed by atoms with van der Waals surface area (Å²) in [5.41, 5.74) is 0. The summed E-state index contributed by atoms with van der Waals surface area (Å²) in [6.45, 7) is 9.10. The Hall–Kier alpha value is -0.120. The lowest BCUT2D eigenvalue weighted by atomic mass is 9.93. The molecule has 0 saturated carbocycles. The zero-order chi connectivity index (χ0) is 12.0. The lowest BCUT2D eigenvalue weighted by Crippen LogP contribution is -2.47. The van der Waals surface area contributed by atoms with E-state index in [1.54, 1.807) is 0 Å². The van der Waals surface area contributed by atoms with Crippen molar-refractivity contribution < 1.29 is 4.74 Å². The van der Waals surface area contributed by atoms with Crippen molar-refractivity contribution in [3.8, 4) is 0 Å². The third kappa shape index (κ3) is 4.04. The molecular formula is C13H28N2O. The molecule has 96 valence electrons. The minimum Gasteiger partial charge on any atom is -0.383 e. The maximum Gasteiger partial charge on any atom is 0.0620 e. The molecule has 3 nitrogen and oxygen atoms in total. The Morgan fingerprint density at radius 2 is 1.94 bits per heavy atom. The van der Waals surface area contributed by atoms with Crippen molar-refractivity contribution in [1.29, 1.82) is 0 Å². The number of hydrogen-bond acceptors (Lipinski definition) is 3. The molecule has 0 aromatic heterocycles. The summed E-state index contributed by atoms with van der Waals surface area (Å²) in [7, 11) is 3.86. The third-order valence-corrected chi connectivity index (χ3v) is 3.72. The van der Waals surface area contributed by atoms with Crippen LogP contribution in [0.25, 0.3) is 0 Å². The van der Waals surface area contributed by atoms with Crippen molar-refractivity contribution in [2.24, 2.45) is 11.8 Å². The van der Waals surface area contributed by atoms with Crippen LogP contribution in [-0.4, -0.2) is 51.3 Å². The van der Waals surface area contributed by atoms with Gasteiger partial charge in [-0.25, -0.2) is 0 Å². The van der Waals surface area contributed by atoms with Gasteiger partial charge in [0, 0.05) is 13.2 Å². The van der Waals surface area contributed by atoms with Gasteiger partial charge in [0.1, 0.15) is 0 Å². The fourth-order valence-corrected chi connectivity index (χ4v) is 2.67. The minimum absolute atomic E-state index is 0.598. The summed E-state index contributed by atoms with van der Waals surface area (Å²) in [5.74, 6) is 1.55. The van der Waals surface area contributed by atoms with Crippen LogP contribution >= 0.6 is 0 Å². The van der Waals surface area contributed by atoms with E-state index in [0.29, 0.717) is 12.0 Å². The van der Waals surface area contributed by atoms with Gasteiger partial charge in [0.05, 0.1) is 6.61 Å². The number of ether oxygens (including phenoxy) is 1. The van der Waals surface area contributed by atoms with E-state index in [-0.39, 0.29) is 0 Å². The van der Waals surface area contributed by atoms with Crippen molar-refractivity contribution >= 4 is 0 Å². The van der Waals surface area contributed by atoms with E-state index in [0.717, 1.165) is 12.5 Å². The predicted molar refractivity (Wildman–Crippen MR) is 68.7 cm³/mol. The Labute approximate surface area is 101 Å². The molecular weight excluding hydrogens is 200 g/mol. The van der Waals surface area contributed by atoms with E-state index in [4.69, 9.17) is 4.74 Å². The smallest absolute Gasteiger partial charge is 0.0620 e. The van der Waals surface area contributed by atoms with Gasteiger partial charge in [0.25, 0.3) is 0 Å². The molecule has 0 spiro atoms.